The van der Waals surface area contributed by atoms with Gasteiger partial charge in [0.25, 0.3) is 5.91 Å². The van der Waals surface area contributed by atoms with Crippen molar-refractivity contribution in [2.24, 2.45) is 0 Å². The van der Waals surface area contributed by atoms with Gasteiger partial charge in [-0.2, -0.15) is 5.10 Å². The number of aryl methyl sites for hydroxylation is 1. The van der Waals surface area contributed by atoms with Gasteiger partial charge in [-0.25, -0.2) is 9.48 Å². The fraction of sp³-hybridized carbons (Fsp3) is 0.320. The molecule has 0 saturated carbocycles. The Hall–Kier alpha value is -3.52. The molecule has 34 heavy (non-hydrogen) atoms. The summed E-state index contributed by atoms with van der Waals surface area (Å²) in [7, 11) is 0. The third-order valence-corrected chi connectivity index (χ3v) is 5.24. The summed E-state index contributed by atoms with van der Waals surface area (Å²) in [5.41, 5.74) is 2.25. The van der Waals surface area contributed by atoms with Gasteiger partial charge in [-0.1, -0.05) is 35.9 Å². The van der Waals surface area contributed by atoms with Gasteiger partial charge in [0.2, 0.25) is 0 Å². The SMILES string of the molecule is CCOc1ccc(CCNC(=O)COC(=O)c2c(C)nn(-c3ccccc3)c2Cl)cc1OCC. The van der Waals surface area contributed by atoms with Gasteiger partial charge in [0.05, 0.1) is 24.6 Å². The van der Waals surface area contributed by atoms with E-state index < -0.39 is 18.5 Å². The molecule has 2 aromatic carbocycles. The van der Waals surface area contributed by atoms with Crippen LogP contribution in [-0.2, 0) is 16.0 Å². The summed E-state index contributed by atoms with van der Waals surface area (Å²) in [4.78, 5) is 24.7. The van der Waals surface area contributed by atoms with Crippen LogP contribution in [0.2, 0.25) is 5.15 Å². The van der Waals surface area contributed by atoms with Gasteiger partial charge in [0.1, 0.15) is 10.7 Å². The average Bonchev–Trinajstić information content (AvgIpc) is 3.13. The van der Waals surface area contributed by atoms with Crippen molar-refractivity contribution in [1.29, 1.82) is 0 Å². The maximum absolute atomic E-state index is 12.5. The third kappa shape index (κ3) is 6.29. The Bertz CT molecular complexity index is 1130. The molecule has 0 aliphatic carbocycles. The predicted molar refractivity (Wildman–Crippen MR) is 129 cm³/mol. The van der Waals surface area contributed by atoms with Crippen LogP contribution >= 0.6 is 11.6 Å². The van der Waals surface area contributed by atoms with Gasteiger partial charge in [-0.3, -0.25) is 4.79 Å². The zero-order valence-electron chi connectivity index (χ0n) is 19.5. The number of carbonyl (C=O) groups is 2. The molecule has 1 heterocycles. The highest BCUT2D eigenvalue weighted by Gasteiger charge is 2.23. The van der Waals surface area contributed by atoms with Crippen molar-refractivity contribution in [3.8, 4) is 17.2 Å². The Morgan fingerprint density at radius 3 is 2.44 bits per heavy atom. The summed E-state index contributed by atoms with van der Waals surface area (Å²) in [6.45, 7) is 6.52. The van der Waals surface area contributed by atoms with Crippen LogP contribution in [0, 0.1) is 6.92 Å². The minimum atomic E-state index is -0.701. The van der Waals surface area contributed by atoms with Gasteiger partial charge in [0, 0.05) is 6.54 Å². The van der Waals surface area contributed by atoms with Crippen LogP contribution in [0.1, 0.15) is 35.5 Å². The molecule has 1 aromatic heterocycles. The monoisotopic (exact) mass is 485 g/mol. The molecule has 3 aromatic rings. The van der Waals surface area contributed by atoms with E-state index >= 15 is 0 Å². The van der Waals surface area contributed by atoms with Gasteiger partial charge >= 0.3 is 5.97 Å². The number of aromatic nitrogens is 2. The van der Waals surface area contributed by atoms with Crippen molar-refractivity contribution >= 4 is 23.5 Å². The first-order chi connectivity index (χ1) is 16.4. The topological polar surface area (TPSA) is 91.7 Å². The summed E-state index contributed by atoms with van der Waals surface area (Å²) in [5.74, 6) is 0.250. The van der Waals surface area contributed by atoms with Crippen LogP contribution in [0.4, 0.5) is 0 Å². The molecule has 8 nitrogen and oxygen atoms in total. The van der Waals surface area contributed by atoms with Gasteiger partial charge < -0.3 is 19.5 Å². The lowest BCUT2D eigenvalue weighted by Crippen LogP contribution is -2.30. The number of esters is 1. The summed E-state index contributed by atoms with van der Waals surface area (Å²) < 4.78 is 17.8. The molecule has 0 unspecified atom stereocenters. The van der Waals surface area contributed by atoms with Gasteiger partial charge in [-0.05, 0) is 57.0 Å². The lowest BCUT2D eigenvalue weighted by Gasteiger charge is -2.12. The van der Waals surface area contributed by atoms with Crippen molar-refractivity contribution in [2.75, 3.05) is 26.4 Å². The smallest absolute Gasteiger partial charge is 0.343 e. The summed E-state index contributed by atoms with van der Waals surface area (Å²) >= 11 is 6.37. The zero-order valence-corrected chi connectivity index (χ0v) is 20.2. The highest BCUT2D eigenvalue weighted by molar-refractivity contribution is 6.33. The van der Waals surface area contributed by atoms with Crippen molar-refractivity contribution in [1.82, 2.24) is 15.1 Å². The van der Waals surface area contributed by atoms with E-state index in [9.17, 15) is 9.59 Å². The molecule has 0 spiro atoms. The largest absolute Gasteiger partial charge is 0.490 e. The zero-order chi connectivity index (χ0) is 24.5. The third-order valence-electron chi connectivity index (χ3n) is 4.89. The number of halogens is 1. The molecule has 180 valence electrons. The fourth-order valence-electron chi connectivity index (χ4n) is 3.32. The molecule has 0 aliphatic heterocycles. The molecule has 1 amide bonds. The van der Waals surface area contributed by atoms with E-state index in [0.29, 0.717) is 49.1 Å². The second-order valence-corrected chi connectivity index (χ2v) is 7.68. The molecule has 0 radical (unpaired) electrons. The molecule has 0 aliphatic rings. The van der Waals surface area contributed by atoms with E-state index in [1.807, 2.05) is 62.4 Å². The summed E-state index contributed by atoms with van der Waals surface area (Å²) in [5, 5.41) is 7.20. The summed E-state index contributed by atoms with van der Waals surface area (Å²) in [6.07, 6.45) is 0.584. The lowest BCUT2D eigenvalue weighted by atomic mass is 10.1. The van der Waals surface area contributed by atoms with E-state index in [-0.39, 0.29) is 10.7 Å². The summed E-state index contributed by atoms with van der Waals surface area (Å²) in [6, 6.07) is 14.9. The molecule has 0 atom stereocenters. The number of hydrogen-bond donors (Lipinski definition) is 1. The molecule has 3 rings (SSSR count). The van der Waals surface area contributed by atoms with Crippen LogP contribution in [0.3, 0.4) is 0 Å². The molecule has 0 bridgehead atoms. The number of carbonyl (C=O) groups excluding carboxylic acids is 2. The van der Waals surface area contributed by atoms with Crippen molar-refractivity contribution in [3.63, 3.8) is 0 Å². The molecule has 1 N–H and O–H groups in total. The van der Waals surface area contributed by atoms with E-state index in [0.717, 1.165) is 5.56 Å². The number of para-hydroxylation sites is 1. The minimum absolute atomic E-state index is 0.134. The Morgan fingerprint density at radius 1 is 1.03 bits per heavy atom. The maximum atomic E-state index is 12.5. The second-order valence-electron chi connectivity index (χ2n) is 7.32. The quantitative estimate of drug-likeness (QED) is 0.410. The Kier molecular flexibility index (Phi) is 8.93. The lowest BCUT2D eigenvalue weighted by molar-refractivity contribution is -0.124. The molecular weight excluding hydrogens is 458 g/mol. The first kappa shape index (κ1) is 25.1. The molecule has 0 fully saturated rings. The normalized spacial score (nSPS) is 10.6. The average molecular weight is 486 g/mol. The number of nitrogens with one attached hydrogen (secondary N) is 1. The molecular formula is C25H28ClN3O5. The Balaban J connectivity index is 1.52. The maximum Gasteiger partial charge on any atom is 0.343 e. The number of hydrogen-bond acceptors (Lipinski definition) is 6. The van der Waals surface area contributed by atoms with Crippen molar-refractivity contribution < 1.29 is 23.8 Å². The number of amides is 1. The fourth-order valence-corrected chi connectivity index (χ4v) is 3.67. The van der Waals surface area contributed by atoms with E-state index in [4.69, 9.17) is 25.8 Å². The number of rotatable bonds is 11. The van der Waals surface area contributed by atoms with Gasteiger partial charge in [-0.15, -0.1) is 0 Å². The van der Waals surface area contributed by atoms with Crippen LogP contribution in [-0.4, -0.2) is 48.0 Å². The van der Waals surface area contributed by atoms with Crippen LogP contribution in [0.5, 0.6) is 11.5 Å². The van der Waals surface area contributed by atoms with Crippen molar-refractivity contribution in [3.05, 3.63) is 70.5 Å². The number of nitrogens with zero attached hydrogens (tertiary/aromatic N) is 2. The van der Waals surface area contributed by atoms with E-state index in [1.54, 1.807) is 6.92 Å². The first-order valence-electron chi connectivity index (χ1n) is 11.1. The first-order valence-corrected chi connectivity index (χ1v) is 11.4. The highest BCUT2D eigenvalue weighted by Crippen LogP contribution is 2.28. The second kappa shape index (κ2) is 12.1. The van der Waals surface area contributed by atoms with Crippen molar-refractivity contribution in [2.45, 2.75) is 27.2 Å². The van der Waals surface area contributed by atoms with E-state index in [1.165, 1.54) is 4.68 Å². The van der Waals surface area contributed by atoms with E-state index in [2.05, 4.69) is 10.4 Å². The Labute approximate surface area is 203 Å². The van der Waals surface area contributed by atoms with Crippen LogP contribution < -0.4 is 14.8 Å². The number of benzene rings is 2. The van der Waals surface area contributed by atoms with Gasteiger partial charge in [0.15, 0.2) is 18.1 Å². The molecule has 0 saturated heterocycles. The standard InChI is InChI=1S/C25H28ClN3O5/c1-4-32-20-12-11-18(15-21(20)33-5-2)13-14-27-22(30)16-34-25(31)23-17(3)28-29(24(23)26)19-9-7-6-8-10-19/h6-12,15H,4-5,13-14,16H2,1-3H3,(H,27,30). The number of ether oxygens (including phenoxy) is 3. The highest BCUT2D eigenvalue weighted by atomic mass is 35.5. The predicted octanol–water partition coefficient (Wildman–Crippen LogP) is 4.15. The van der Waals surface area contributed by atoms with Crippen LogP contribution in [0.15, 0.2) is 48.5 Å². The molecule has 9 heteroatoms. The van der Waals surface area contributed by atoms with Crippen LogP contribution in [0.25, 0.3) is 5.69 Å². The Morgan fingerprint density at radius 2 is 1.74 bits per heavy atom. The minimum Gasteiger partial charge on any atom is -0.490 e.